The maximum Gasteiger partial charge on any atom is 0.0824 e. The molecule has 1 saturated carbocycles. The van der Waals surface area contributed by atoms with Gasteiger partial charge in [-0.25, -0.2) is 0 Å². The lowest BCUT2D eigenvalue weighted by molar-refractivity contribution is -0.0125. The Balaban J connectivity index is 1.49. The summed E-state index contributed by atoms with van der Waals surface area (Å²) in [5.41, 5.74) is 0. The van der Waals surface area contributed by atoms with E-state index in [4.69, 9.17) is 9.47 Å². The molecule has 0 bridgehead atoms. The van der Waals surface area contributed by atoms with Crippen LogP contribution in [0.1, 0.15) is 104 Å². The highest BCUT2D eigenvalue weighted by molar-refractivity contribution is 4.86. The van der Waals surface area contributed by atoms with Gasteiger partial charge in [0.2, 0.25) is 0 Å². The summed E-state index contributed by atoms with van der Waals surface area (Å²) in [7, 11) is 0. The Morgan fingerprint density at radius 3 is 2.10 bits per heavy atom. The normalized spacial score (nSPS) is 29.1. The Kier molecular flexibility index (Phi) is 13.5. The van der Waals surface area contributed by atoms with Gasteiger partial charge in [0.05, 0.1) is 18.4 Å². The standard InChI is InChI=1S/C25H50N2O2/c1-4-6-8-9-10-11-17-28-24-18-26-25(27-19-24)22-13-15-23(16-14-22)29-20-21(3)12-7-5-2/h21-27H,4-20H2,1-3H3. The van der Waals surface area contributed by atoms with Crippen LogP contribution in [0.3, 0.4) is 0 Å². The molecule has 2 N–H and O–H groups in total. The minimum absolute atomic E-state index is 0.339. The zero-order valence-corrected chi connectivity index (χ0v) is 19.7. The van der Waals surface area contributed by atoms with E-state index in [1.165, 1.54) is 83.5 Å². The smallest absolute Gasteiger partial charge is 0.0824 e. The van der Waals surface area contributed by atoms with Gasteiger partial charge in [-0.1, -0.05) is 65.7 Å². The van der Waals surface area contributed by atoms with Gasteiger partial charge in [0.25, 0.3) is 0 Å². The molecule has 2 aliphatic rings. The van der Waals surface area contributed by atoms with Crippen LogP contribution in [0.5, 0.6) is 0 Å². The molecule has 4 nitrogen and oxygen atoms in total. The average molecular weight is 411 g/mol. The topological polar surface area (TPSA) is 42.5 Å². The summed E-state index contributed by atoms with van der Waals surface area (Å²) in [6.07, 6.45) is 18.2. The lowest BCUT2D eigenvalue weighted by atomic mass is 9.84. The van der Waals surface area contributed by atoms with E-state index in [9.17, 15) is 0 Å². The maximum atomic E-state index is 6.22. The van der Waals surface area contributed by atoms with Crippen LogP contribution in [0, 0.1) is 11.8 Å². The number of hydrogen-bond donors (Lipinski definition) is 2. The molecule has 0 spiro atoms. The van der Waals surface area contributed by atoms with Gasteiger partial charge in [0, 0.05) is 26.3 Å². The van der Waals surface area contributed by atoms with Crippen molar-refractivity contribution >= 4 is 0 Å². The SMILES string of the molecule is CCCCCCCCOC1CNC(C2CCC(OCC(C)CCCC)CC2)NC1. The first-order valence-corrected chi connectivity index (χ1v) is 12.9. The van der Waals surface area contributed by atoms with Crippen LogP contribution < -0.4 is 10.6 Å². The van der Waals surface area contributed by atoms with E-state index in [0.29, 0.717) is 24.3 Å². The Labute approximate surface area is 181 Å². The highest BCUT2D eigenvalue weighted by atomic mass is 16.5. The van der Waals surface area contributed by atoms with E-state index in [1.54, 1.807) is 0 Å². The van der Waals surface area contributed by atoms with E-state index in [2.05, 4.69) is 31.4 Å². The van der Waals surface area contributed by atoms with Gasteiger partial charge in [-0.3, -0.25) is 10.6 Å². The van der Waals surface area contributed by atoms with Crippen LogP contribution in [0.25, 0.3) is 0 Å². The molecule has 0 aromatic heterocycles. The third-order valence-electron chi connectivity index (χ3n) is 6.84. The molecule has 1 aliphatic carbocycles. The lowest BCUT2D eigenvalue weighted by Crippen LogP contribution is -2.59. The molecule has 172 valence electrons. The fraction of sp³-hybridized carbons (Fsp3) is 1.00. The molecular formula is C25H50N2O2. The number of unbranched alkanes of at least 4 members (excludes halogenated alkanes) is 6. The van der Waals surface area contributed by atoms with Crippen LogP contribution in [0.4, 0.5) is 0 Å². The van der Waals surface area contributed by atoms with E-state index in [0.717, 1.165) is 32.2 Å². The molecule has 2 fully saturated rings. The predicted molar refractivity (Wildman–Crippen MR) is 123 cm³/mol. The van der Waals surface area contributed by atoms with Crippen molar-refractivity contribution in [1.29, 1.82) is 0 Å². The number of nitrogens with one attached hydrogen (secondary N) is 2. The Morgan fingerprint density at radius 1 is 0.759 bits per heavy atom. The molecule has 0 aromatic carbocycles. The van der Waals surface area contributed by atoms with Gasteiger partial charge in [0.1, 0.15) is 0 Å². The van der Waals surface area contributed by atoms with Crippen molar-refractivity contribution in [3.8, 4) is 0 Å². The second-order valence-corrected chi connectivity index (χ2v) is 9.67. The Hall–Kier alpha value is -0.160. The fourth-order valence-corrected chi connectivity index (χ4v) is 4.77. The third kappa shape index (κ3) is 10.6. The molecule has 0 aromatic rings. The molecule has 1 saturated heterocycles. The van der Waals surface area contributed by atoms with E-state index in [1.807, 2.05) is 0 Å². The van der Waals surface area contributed by atoms with Gasteiger partial charge >= 0.3 is 0 Å². The monoisotopic (exact) mass is 410 g/mol. The van der Waals surface area contributed by atoms with Crippen molar-refractivity contribution in [1.82, 2.24) is 10.6 Å². The zero-order chi connectivity index (χ0) is 20.7. The third-order valence-corrected chi connectivity index (χ3v) is 6.84. The molecule has 2 rings (SSSR count). The van der Waals surface area contributed by atoms with Crippen molar-refractivity contribution in [3.63, 3.8) is 0 Å². The van der Waals surface area contributed by atoms with Crippen LogP contribution in [-0.4, -0.2) is 44.7 Å². The molecule has 1 aliphatic heterocycles. The van der Waals surface area contributed by atoms with Crippen molar-refractivity contribution in [2.75, 3.05) is 26.3 Å². The molecule has 1 atom stereocenters. The highest BCUT2D eigenvalue weighted by Crippen LogP contribution is 2.29. The van der Waals surface area contributed by atoms with Gasteiger partial charge in [-0.15, -0.1) is 0 Å². The minimum atomic E-state index is 0.339. The summed E-state index contributed by atoms with van der Waals surface area (Å²) in [5.74, 6) is 1.45. The van der Waals surface area contributed by atoms with Crippen LogP contribution in [0.2, 0.25) is 0 Å². The Bertz CT molecular complexity index is 377. The first-order chi connectivity index (χ1) is 14.2. The van der Waals surface area contributed by atoms with Gasteiger partial charge in [-0.2, -0.15) is 0 Å². The quantitative estimate of drug-likeness (QED) is 0.342. The minimum Gasteiger partial charge on any atom is -0.378 e. The zero-order valence-electron chi connectivity index (χ0n) is 19.7. The summed E-state index contributed by atoms with van der Waals surface area (Å²) < 4.78 is 12.3. The van der Waals surface area contributed by atoms with Crippen molar-refractivity contribution < 1.29 is 9.47 Å². The number of rotatable bonds is 15. The molecule has 1 heterocycles. The number of hydrogen-bond acceptors (Lipinski definition) is 4. The summed E-state index contributed by atoms with van der Waals surface area (Å²) in [6.45, 7) is 10.7. The largest absolute Gasteiger partial charge is 0.378 e. The molecule has 0 amide bonds. The second-order valence-electron chi connectivity index (χ2n) is 9.67. The summed E-state index contributed by atoms with van der Waals surface area (Å²) >= 11 is 0. The van der Waals surface area contributed by atoms with E-state index in [-0.39, 0.29) is 0 Å². The first kappa shape index (κ1) is 25.1. The summed E-state index contributed by atoms with van der Waals surface area (Å²) in [4.78, 5) is 0. The van der Waals surface area contributed by atoms with Crippen LogP contribution >= 0.6 is 0 Å². The first-order valence-electron chi connectivity index (χ1n) is 12.9. The molecular weight excluding hydrogens is 360 g/mol. The fourth-order valence-electron chi connectivity index (χ4n) is 4.77. The van der Waals surface area contributed by atoms with Crippen molar-refractivity contribution in [2.45, 2.75) is 123 Å². The second kappa shape index (κ2) is 15.6. The number of ether oxygens (including phenoxy) is 2. The average Bonchev–Trinajstić information content (AvgIpc) is 2.76. The Morgan fingerprint density at radius 2 is 1.41 bits per heavy atom. The van der Waals surface area contributed by atoms with Gasteiger partial charge < -0.3 is 9.47 Å². The highest BCUT2D eigenvalue weighted by Gasteiger charge is 2.31. The maximum absolute atomic E-state index is 6.22. The van der Waals surface area contributed by atoms with Crippen LogP contribution in [0.15, 0.2) is 0 Å². The molecule has 1 unspecified atom stereocenters. The van der Waals surface area contributed by atoms with Crippen molar-refractivity contribution in [2.24, 2.45) is 11.8 Å². The van der Waals surface area contributed by atoms with Crippen molar-refractivity contribution in [3.05, 3.63) is 0 Å². The molecule has 0 radical (unpaired) electrons. The molecule has 29 heavy (non-hydrogen) atoms. The van der Waals surface area contributed by atoms with E-state index < -0.39 is 0 Å². The summed E-state index contributed by atoms with van der Waals surface area (Å²) in [5, 5.41) is 7.44. The van der Waals surface area contributed by atoms with Gasteiger partial charge in [0.15, 0.2) is 0 Å². The predicted octanol–water partition coefficient (Wildman–Crippen LogP) is 5.65. The lowest BCUT2D eigenvalue weighted by Gasteiger charge is -2.39. The van der Waals surface area contributed by atoms with Gasteiger partial charge in [-0.05, 0) is 50.4 Å². The van der Waals surface area contributed by atoms with Crippen LogP contribution in [-0.2, 0) is 9.47 Å². The molecule has 4 heteroatoms. The summed E-state index contributed by atoms with van der Waals surface area (Å²) in [6, 6.07) is 0. The van der Waals surface area contributed by atoms with E-state index >= 15 is 0 Å².